The maximum absolute atomic E-state index is 3.94. The second-order valence-electron chi connectivity index (χ2n) is 5.73. The van der Waals surface area contributed by atoms with Crippen LogP contribution >= 0.6 is 22.6 Å². The van der Waals surface area contributed by atoms with Crippen molar-refractivity contribution in [2.45, 2.75) is 6.54 Å². The van der Waals surface area contributed by atoms with Gasteiger partial charge in [-0.05, 0) is 40.8 Å². The highest BCUT2D eigenvalue weighted by Crippen LogP contribution is 2.37. The van der Waals surface area contributed by atoms with E-state index in [1.165, 1.54) is 36.8 Å². The first kappa shape index (κ1) is 14.6. The van der Waals surface area contributed by atoms with E-state index in [-0.39, 0.29) is 0 Å². The van der Waals surface area contributed by atoms with Crippen molar-refractivity contribution < 1.29 is 0 Å². The predicted molar refractivity (Wildman–Crippen MR) is 107 cm³/mol. The Kier molecular flexibility index (Phi) is 3.53. The normalized spacial score (nSPS) is 11.4. The molecule has 0 saturated heterocycles. The van der Waals surface area contributed by atoms with E-state index in [1.807, 2.05) is 6.08 Å². The molecule has 2 nitrogen and oxygen atoms in total. The van der Waals surface area contributed by atoms with Gasteiger partial charge in [0.15, 0.2) is 0 Å². The fraction of sp³-hybridized carbons (Fsp3) is 0.100. The van der Waals surface area contributed by atoms with Gasteiger partial charge in [-0.3, -0.25) is 0 Å². The van der Waals surface area contributed by atoms with Crippen LogP contribution in [0, 0.1) is 3.57 Å². The number of aryl methyl sites for hydroxylation is 1. The lowest BCUT2D eigenvalue weighted by atomic mass is 10.2. The first-order valence-corrected chi connectivity index (χ1v) is 8.72. The second kappa shape index (κ2) is 5.57. The van der Waals surface area contributed by atoms with E-state index >= 15 is 0 Å². The number of para-hydroxylation sites is 2. The zero-order valence-electron chi connectivity index (χ0n) is 13.0. The Hall–Kier alpha value is -2.01. The van der Waals surface area contributed by atoms with Gasteiger partial charge in [-0.25, -0.2) is 0 Å². The molecule has 23 heavy (non-hydrogen) atoms. The fourth-order valence-electron chi connectivity index (χ4n) is 3.35. The standard InChI is InChI=1S/C20H17IN2/c1-3-12-23-17-11-7-5-9-15(17)19(21)20(23)18-13-14-8-4-6-10-16(14)22(18)2/h3-11,13H,1,12H2,2H3. The maximum atomic E-state index is 3.94. The third kappa shape index (κ3) is 2.14. The second-order valence-corrected chi connectivity index (χ2v) is 6.81. The van der Waals surface area contributed by atoms with E-state index in [0.29, 0.717) is 0 Å². The number of nitrogens with zero attached hydrogens (tertiary/aromatic N) is 2. The SMILES string of the molecule is C=CCn1c(-c2cc3ccccc3n2C)c(I)c2ccccc21. The van der Waals surface area contributed by atoms with Gasteiger partial charge in [-0.2, -0.15) is 0 Å². The van der Waals surface area contributed by atoms with Crippen molar-refractivity contribution in [3.63, 3.8) is 0 Å². The minimum absolute atomic E-state index is 0.806. The molecule has 0 bridgehead atoms. The third-order valence-corrected chi connectivity index (χ3v) is 5.51. The van der Waals surface area contributed by atoms with Gasteiger partial charge in [0.1, 0.15) is 0 Å². The van der Waals surface area contributed by atoms with Gasteiger partial charge in [0.25, 0.3) is 0 Å². The molecule has 2 heterocycles. The van der Waals surface area contributed by atoms with Gasteiger partial charge in [-0.1, -0.05) is 42.5 Å². The summed E-state index contributed by atoms with van der Waals surface area (Å²) in [5.41, 5.74) is 5.03. The molecule has 0 atom stereocenters. The highest BCUT2D eigenvalue weighted by molar-refractivity contribution is 14.1. The Morgan fingerprint density at radius 1 is 1.04 bits per heavy atom. The molecule has 0 unspecified atom stereocenters. The van der Waals surface area contributed by atoms with E-state index in [1.54, 1.807) is 0 Å². The summed E-state index contributed by atoms with van der Waals surface area (Å²) in [6.07, 6.45) is 1.97. The van der Waals surface area contributed by atoms with Crippen LogP contribution in [0.2, 0.25) is 0 Å². The number of halogens is 1. The van der Waals surface area contributed by atoms with E-state index in [0.717, 1.165) is 6.54 Å². The molecule has 3 heteroatoms. The zero-order chi connectivity index (χ0) is 16.0. The topological polar surface area (TPSA) is 9.86 Å². The first-order chi connectivity index (χ1) is 11.2. The zero-order valence-corrected chi connectivity index (χ0v) is 15.1. The van der Waals surface area contributed by atoms with Crippen LogP contribution < -0.4 is 0 Å². The molecule has 0 amide bonds. The summed E-state index contributed by atoms with van der Waals surface area (Å²) in [5.74, 6) is 0. The molecule has 4 rings (SSSR count). The summed E-state index contributed by atoms with van der Waals surface area (Å²) >= 11 is 2.48. The summed E-state index contributed by atoms with van der Waals surface area (Å²) in [6.45, 7) is 4.75. The van der Waals surface area contributed by atoms with E-state index in [9.17, 15) is 0 Å². The van der Waals surface area contributed by atoms with Crippen LogP contribution in [-0.4, -0.2) is 9.13 Å². The van der Waals surface area contributed by atoms with Gasteiger partial charge in [0, 0.05) is 39.0 Å². The van der Waals surface area contributed by atoms with Gasteiger partial charge < -0.3 is 9.13 Å². The average molecular weight is 412 g/mol. The Bertz CT molecular complexity index is 1040. The highest BCUT2D eigenvalue weighted by atomic mass is 127. The predicted octanol–water partition coefficient (Wildman–Crippen LogP) is 5.59. The lowest BCUT2D eigenvalue weighted by molar-refractivity contribution is 0.854. The fourth-order valence-corrected chi connectivity index (χ4v) is 4.37. The Balaban J connectivity index is 2.11. The lowest BCUT2D eigenvalue weighted by Gasteiger charge is -2.10. The van der Waals surface area contributed by atoms with Gasteiger partial charge >= 0.3 is 0 Å². The van der Waals surface area contributed by atoms with Gasteiger partial charge in [0.2, 0.25) is 0 Å². The Morgan fingerprint density at radius 3 is 2.48 bits per heavy atom. The van der Waals surface area contributed by atoms with Gasteiger partial charge in [0.05, 0.1) is 11.4 Å². The number of hydrogen-bond acceptors (Lipinski definition) is 0. The largest absolute Gasteiger partial charge is 0.342 e. The number of allylic oxidation sites excluding steroid dienone is 1. The Labute approximate surface area is 149 Å². The summed E-state index contributed by atoms with van der Waals surface area (Å²) in [4.78, 5) is 0. The smallest absolute Gasteiger partial charge is 0.0797 e. The van der Waals surface area contributed by atoms with Crippen LogP contribution in [0.4, 0.5) is 0 Å². The monoisotopic (exact) mass is 412 g/mol. The van der Waals surface area contributed by atoms with Crippen LogP contribution in [0.1, 0.15) is 0 Å². The van der Waals surface area contributed by atoms with Crippen molar-refractivity contribution in [1.82, 2.24) is 9.13 Å². The molecule has 0 aliphatic carbocycles. The number of rotatable bonds is 3. The molecule has 2 aromatic heterocycles. The Morgan fingerprint density at radius 2 is 1.74 bits per heavy atom. The highest BCUT2D eigenvalue weighted by Gasteiger charge is 2.19. The lowest BCUT2D eigenvalue weighted by Crippen LogP contribution is -2.01. The summed E-state index contributed by atoms with van der Waals surface area (Å²) < 4.78 is 5.94. The van der Waals surface area contributed by atoms with Crippen molar-refractivity contribution in [3.05, 3.63) is 70.8 Å². The minimum atomic E-state index is 0.806. The molecule has 2 aromatic carbocycles. The van der Waals surface area contributed by atoms with Crippen LogP contribution in [0.15, 0.2) is 67.3 Å². The molecule has 0 saturated carbocycles. The molecule has 4 aromatic rings. The van der Waals surface area contributed by atoms with Crippen molar-refractivity contribution in [3.8, 4) is 11.4 Å². The van der Waals surface area contributed by atoms with Crippen LogP contribution in [-0.2, 0) is 13.6 Å². The molecule has 114 valence electrons. The van der Waals surface area contributed by atoms with Crippen molar-refractivity contribution >= 4 is 44.4 Å². The number of hydrogen-bond donors (Lipinski definition) is 0. The van der Waals surface area contributed by atoms with Crippen LogP contribution in [0.5, 0.6) is 0 Å². The van der Waals surface area contributed by atoms with Gasteiger partial charge in [-0.15, -0.1) is 6.58 Å². The van der Waals surface area contributed by atoms with E-state index in [4.69, 9.17) is 0 Å². The number of fused-ring (bicyclic) bond motifs is 2. The number of benzene rings is 2. The minimum Gasteiger partial charge on any atom is -0.342 e. The van der Waals surface area contributed by atoms with Crippen molar-refractivity contribution in [1.29, 1.82) is 0 Å². The molecular formula is C20H17IN2. The molecular weight excluding hydrogens is 395 g/mol. The molecule has 0 N–H and O–H groups in total. The summed E-state index contributed by atoms with van der Waals surface area (Å²) in [5, 5.41) is 2.58. The molecule has 0 radical (unpaired) electrons. The molecule has 0 aliphatic heterocycles. The van der Waals surface area contributed by atoms with Crippen molar-refractivity contribution in [2.24, 2.45) is 7.05 Å². The molecule has 0 fully saturated rings. The summed E-state index contributed by atoms with van der Waals surface area (Å²) in [7, 11) is 2.14. The van der Waals surface area contributed by atoms with Crippen LogP contribution in [0.3, 0.4) is 0 Å². The maximum Gasteiger partial charge on any atom is 0.0797 e. The number of aromatic nitrogens is 2. The summed E-state index contributed by atoms with van der Waals surface area (Å²) in [6, 6.07) is 19.4. The molecule has 0 aliphatic rings. The van der Waals surface area contributed by atoms with E-state index < -0.39 is 0 Å². The van der Waals surface area contributed by atoms with Crippen LogP contribution in [0.25, 0.3) is 33.2 Å². The van der Waals surface area contributed by atoms with Crippen molar-refractivity contribution in [2.75, 3.05) is 0 Å². The first-order valence-electron chi connectivity index (χ1n) is 7.65. The van der Waals surface area contributed by atoms with E-state index in [2.05, 4.69) is 99.9 Å². The quantitative estimate of drug-likeness (QED) is 0.307. The average Bonchev–Trinajstić information content (AvgIpc) is 3.05. The molecule has 0 spiro atoms. The third-order valence-electron chi connectivity index (χ3n) is 4.42.